The van der Waals surface area contributed by atoms with Crippen molar-refractivity contribution in [2.45, 2.75) is 31.4 Å². The lowest BCUT2D eigenvalue weighted by Crippen LogP contribution is -2.50. The number of hydrogen-bond acceptors (Lipinski definition) is 5. The van der Waals surface area contributed by atoms with Crippen LogP contribution in [0.1, 0.15) is 24.2 Å². The number of nitrogens with one attached hydrogen (secondary N) is 2. The zero-order valence-corrected chi connectivity index (χ0v) is 16.6. The minimum atomic E-state index is -1.06. The molecule has 2 aromatic rings. The van der Waals surface area contributed by atoms with Gasteiger partial charge in [0, 0.05) is 22.3 Å². The molecule has 2 atom stereocenters. The second kappa shape index (κ2) is 9.64. The number of nitrogens with two attached hydrogens (primary N) is 1. The summed E-state index contributed by atoms with van der Waals surface area (Å²) in [5.41, 5.74) is 6.81. The second-order valence-electron chi connectivity index (χ2n) is 6.14. The fourth-order valence-electron chi connectivity index (χ4n) is 2.23. The van der Waals surface area contributed by atoms with Crippen LogP contribution in [0.25, 0.3) is 0 Å². The van der Waals surface area contributed by atoms with Crippen LogP contribution in [-0.2, 0) is 4.79 Å². The van der Waals surface area contributed by atoms with E-state index in [0.29, 0.717) is 22.0 Å². The summed E-state index contributed by atoms with van der Waals surface area (Å²) >= 11 is 10.1. The number of ether oxygens (including phenoxy) is 1. The average molecular weight is 408 g/mol. The highest BCUT2D eigenvalue weighted by Gasteiger charge is 2.24. The SMILES string of the molecule is CC(C)Oc1cccc(NC(=O)C(N)C(S)NC(=O)c2cccc(Cl)c2)c1. The highest BCUT2D eigenvalue weighted by molar-refractivity contribution is 7.81. The van der Waals surface area contributed by atoms with Crippen molar-refractivity contribution in [2.75, 3.05) is 5.32 Å². The Bertz CT molecular complexity index is 816. The molecular formula is C19H22ClN3O3S. The fraction of sp³-hybridized carbons (Fsp3) is 0.263. The Balaban J connectivity index is 1.96. The molecule has 0 fully saturated rings. The first-order valence-corrected chi connectivity index (χ1v) is 9.23. The van der Waals surface area contributed by atoms with Crippen LogP contribution in [0.3, 0.4) is 0 Å². The summed E-state index contributed by atoms with van der Waals surface area (Å²) in [7, 11) is 0. The molecule has 0 bridgehead atoms. The predicted octanol–water partition coefficient (Wildman–Crippen LogP) is 3.08. The summed E-state index contributed by atoms with van der Waals surface area (Å²) < 4.78 is 5.59. The smallest absolute Gasteiger partial charge is 0.252 e. The van der Waals surface area contributed by atoms with Crippen LogP contribution in [0, 0.1) is 0 Å². The quantitative estimate of drug-likeness (QED) is 0.419. The molecule has 2 unspecified atom stereocenters. The number of halogens is 1. The molecule has 0 aromatic heterocycles. The third-order valence-corrected chi connectivity index (χ3v) is 4.17. The molecule has 0 saturated carbocycles. The van der Waals surface area contributed by atoms with E-state index in [1.54, 1.807) is 42.5 Å². The number of thiol groups is 1. The van der Waals surface area contributed by atoms with Gasteiger partial charge in [-0.25, -0.2) is 0 Å². The van der Waals surface area contributed by atoms with Crippen LogP contribution in [0.5, 0.6) is 5.75 Å². The largest absolute Gasteiger partial charge is 0.491 e. The molecular weight excluding hydrogens is 386 g/mol. The topological polar surface area (TPSA) is 93.4 Å². The Morgan fingerprint density at radius 3 is 2.52 bits per heavy atom. The van der Waals surface area contributed by atoms with Gasteiger partial charge >= 0.3 is 0 Å². The number of rotatable bonds is 7. The molecule has 2 amide bonds. The highest BCUT2D eigenvalue weighted by Crippen LogP contribution is 2.19. The van der Waals surface area contributed by atoms with Crippen molar-refractivity contribution in [3.63, 3.8) is 0 Å². The maximum atomic E-state index is 12.4. The van der Waals surface area contributed by atoms with Gasteiger partial charge in [0.05, 0.1) is 11.5 Å². The van der Waals surface area contributed by atoms with E-state index in [9.17, 15) is 9.59 Å². The van der Waals surface area contributed by atoms with E-state index in [1.807, 2.05) is 13.8 Å². The summed E-state index contributed by atoms with van der Waals surface area (Å²) in [6, 6.07) is 12.3. The van der Waals surface area contributed by atoms with Gasteiger partial charge < -0.3 is 21.1 Å². The molecule has 2 rings (SSSR count). The molecule has 0 aliphatic rings. The summed E-state index contributed by atoms with van der Waals surface area (Å²) in [5.74, 6) is -0.274. The highest BCUT2D eigenvalue weighted by atomic mass is 35.5. The molecule has 0 spiro atoms. The molecule has 0 aliphatic heterocycles. The van der Waals surface area contributed by atoms with Gasteiger partial charge in [-0.2, -0.15) is 12.6 Å². The van der Waals surface area contributed by atoms with Crippen LogP contribution in [0.15, 0.2) is 48.5 Å². The van der Waals surface area contributed by atoms with Crippen molar-refractivity contribution < 1.29 is 14.3 Å². The van der Waals surface area contributed by atoms with Crippen molar-refractivity contribution in [1.29, 1.82) is 0 Å². The maximum absolute atomic E-state index is 12.4. The van der Waals surface area contributed by atoms with Crippen molar-refractivity contribution in [3.05, 3.63) is 59.1 Å². The van der Waals surface area contributed by atoms with E-state index >= 15 is 0 Å². The first-order valence-electron chi connectivity index (χ1n) is 8.34. The lowest BCUT2D eigenvalue weighted by atomic mass is 10.2. The molecule has 0 saturated heterocycles. The minimum absolute atomic E-state index is 0.0155. The minimum Gasteiger partial charge on any atom is -0.491 e. The summed E-state index contributed by atoms with van der Waals surface area (Å²) in [6.07, 6.45) is 0.0155. The third-order valence-electron chi connectivity index (χ3n) is 3.48. The van der Waals surface area contributed by atoms with Crippen LogP contribution in [-0.4, -0.2) is 29.3 Å². The number of carbonyl (C=O) groups is 2. The fourth-order valence-corrected chi connectivity index (χ4v) is 2.67. The molecule has 8 heteroatoms. The summed E-state index contributed by atoms with van der Waals surface area (Å²) in [6.45, 7) is 3.82. The maximum Gasteiger partial charge on any atom is 0.252 e. The van der Waals surface area contributed by atoms with Gasteiger partial charge in [0.1, 0.15) is 11.8 Å². The lowest BCUT2D eigenvalue weighted by molar-refractivity contribution is -0.117. The Morgan fingerprint density at radius 2 is 1.85 bits per heavy atom. The molecule has 4 N–H and O–H groups in total. The number of carbonyl (C=O) groups excluding carboxylic acids is 2. The molecule has 0 aliphatic carbocycles. The Kier molecular flexibility index (Phi) is 7.53. The predicted molar refractivity (Wildman–Crippen MR) is 111 cm³/mol. The van der Waals surface area contributed by atoms with E-state index in [0.717, 1.165) is 0 Å². The lowest BCUT2D eigenvalue weighted by Gasteiger charge is -2.20. The van der Waals surface area contributed by atoms with Crippen molar-refractivity contribution in [3.8, 4) is 5.75 Å². The molecule has 2 aromatic carbocycles. The molecule has 0 radical (unpaired) electrons. The Labute approximate surface area is 168 Å². The number of anilines is 1. The van der Waals surface area contributed by atoms with Crippen LogP contribution < -0.4 is 21.1 Å². The van der Waals surface area contributed by atoms with Gasteiger partial charge in [0.25, 0.3) is 5.91 Å². The summed E-state index contributed by atoms with van der Waals surface area (Å²) in [4.78, 5) is 24.6. The van der Waals surface area contributed by atoms with Gasteiger partial charge in [-0.05, 0) is 44.2 Å². The van der Waals surface area contributed by atoms with E-state index in [4.69, 9.17) is 22.1 Å². The Hall–Kier alpha value is -2.22. The first-order chi connectivity index (χ1) is 12.8. The number of amides is 2. The van der Waals surface area contributed by atoms with Crippen LogP contribution >= 0.6 is 24.2 Å². The second-order valence-corrected chi connectivity index (χ2v) is 7.13. The monoisotopic (exact) mass is 407 g/mol. The summed E-state index contributed by atoms with van der Waals surface area (Å²) in [5, 5.41) is 4.83. The standard InChI is InChI=1S/C19H22ClN3O3S/c1-11(2)26-15-8-4-7-14(10-15)22-18(25)16(21)19(27)23-17(24)12-5-3-6-13(20)9-12/h3-11,16,19,27H,21H2,1-2H3,(H,22,25)(H,23,24). The molecule has 0 heterocycles. The normalized spacial score (nSPS) is 13.0. The van der Waals surface area contributed by atoms with Gasteiger partial charge in [-0.3, -0.25) is 9.59 Å². The van der Waals surface area contributed by atoms with E-state index < -0.39 is 23.2 Å². The Morgan fingerprint density at radius 1 is 1.15 bits per heavy atom. The average Bonchev–Trinajstić information content (AvgIpc) is 2.60. The van der Waals surface area contributed by atoms with E-state index in [-0.39, 0.29) is 6.10 Å². The van der Waals surface area contributed by atoms with Crippen molar-refractivity contribution in [1.82, 2.24) is 5.32 Å². The van der Waals surface area contributed by atoms with Gasteiger partial charge in [0.2, 0.25) is 5.91 Å². The van der Waals surface area contributed by atoms with Crippen molar-refractivity contribution >= 4 is 41.7 Å². The number of benzene rings is 2. The molecule has 6 nitrogen and oxygen atoms in total. The zero-order valence-electron chi connectivity index (χ0n) is 15.0. The van der Waals surface area contributed by atoms with Crippen LogP contribution in [0.2, 0.25) is 5.02 Å². The van der Waals surface area contributed by atoms with Gasteiger partial charge in [-0.1, -0.05) is 23.7 Å². The third kappa shape index (κ3) is 6.46. The van der Waals surface area contributed by atoms with Crippen molar-refractivity contribution in [2.24, 2.45) is 5.73 Å². The van der Waals surface area contributed by atoms with Crippen LogP contribution in [0.4, 0.5) is 5.69 Å². The van der Waals surface area contributed by atoms with Gasteiger partial charge in [-0.15, -0.1) is 0 Å². The van der Waals surface area contributed by atoms with Gasteiger partial charge in [0.15, 0.2) is 0 Å². The van der Waals surface area contributed by atoms with E-state index in [2.05, 4.69) is 23.3 Å². The first kappa shape index (κ1) is 21.1. The molecule has 27 heavy (non-hydrogen) atoms. The number of hydrogen-bond donors (Lipinski definition) is 4. The zero-order chi connectivity index (χ0) is 20.0. The molecule has 144 valence electrons. The van der Waals surface area contributed by atoms with E-state index in [1.165, 1.54) is 6.07 Å².